The molecule has 17 heavy (non-hydrogen) atoms. The van der Waals surface area contributed by atoms with Gasteiger partial charge < -0.3 is 15.4 Å². The summed E-state index contributed by atoms with van der Waals surface area (Å²) in [7, 11) is 1.68. The van der Waals surface area contributed by atoms with Gasteiger partial charge in [0.1, 0.15) is 0 Å². The number of methoxy groups -OCH3 is 1. The summed E-state index contributed by atoms with van der Waals surface area (Å²) in [6.07, 6.45) is 5.65. The SMILES string of the molecule is COCC1(C(=O)NCC2CCC2)CCNCC1. The first kappa shape index (κ1) is 12.8. The van der Waals surface area contributed by atoms with Gasteiger partial charge in [0, 0.05) is 13.7 Å². The minimum Gasteiger partial charge on any atom is -0.384 e. The van der Waals surface area contributed by atoms with Gasteiger partial charge in [-0.15, -0.1) is 0 Å². The first-order valence-electron chi connectivity index (χ1n) is 6.75. The maximum absolute atomic E-state index is 12.3. The number of nitrogens with one attached hydrogen (secondary N) is 2. The minimum absolute atomic E-state index is 0.202. The maximum atomic E-state index is 12.3. The van der Waals surface area contributed by atoms with E-state index in [0.29, 0.717) is 6.61 Å². The Hall–Kier alpha value is -0.610. The Bertz CT molecular complexity index is 253. The topological polar surface area (TPSA) is 50.4 Å². The van der Waals surface area contributed by atoms with E-state index >= 15 is 0 Å². The molecular weight excluding hydrogens is 216 g/mol. The molecule has 98 valence electrons. The highest BCUT2D eigenvalue weighted by Gasteiger charge is 2.39. The Balaban J connectivity index is 1.86. The molecule has 0 bridgehead atoms. The van der Waals surface area contributed by atoms with Crippen molar-refractivity contribution in [2.75, 3.05) is 33.4 Å². The number of hydrogen-bond acceptors (Lipinski definition) is 3. The second kappa shape index (κ2) is 5.83. The lowest BCUT2D eigenvalue weighted by Gasteiger charge is -2.36. The van der Waals surface area contributed by atoms with Gasteiger partial charge in [0.05, 0.1) is 12.0 Å². The largest absolute Gasteiger partial charge is 0.384 e. The molecule has 0 atom stereocenters. The van der Waals surface area contributed by atoms with Gasteiger partial charge in [0.15, 0.2) is 0 Å². The van der Waals surface area contributed by atoms with Crippen LogP contribution in [0, 0.1) is 11.3 Å². The smallest absolute Gasteiger partial charge is 0.228 e. The van der Waals surface area contributed by atoms with Gasteiger partial charge in [0.25, 0.3) is 0 Å². The fraction of sp³-hybridized carbons (Fsp3) is 0.923. The highest BCUT2D eigenvalue weighted by Crippen LogP contribution is 2.30. The summed E-state index contributed by atoms with van der Waals surface area (Å²) < 4.78 is 5.26. The van der Waals surface area contributed by atoms with Gasteiger partial charge >= 0.3 is 0 Å². The summed E-state index contributed by atoms with van der Waals surface area (Å²) in [6, 6.07) is 0. The third kappa shape index (κ3) is 2.99. The molecule has 0 radical (unpaired) electrons. The van der Waals surface area contributed by atoms with Crippen LogP contribution >= 0.6 is 0 Å². The van der Waals surface area contributed by atoms with E-state index in [1.54, 1.807) is 7.11 Å². The zero-order chi connectivity index (χ0) is 12.1. The maximum Gasteiger partial charge on any atom is 0.228 e. The molecule has 2 rings (SSSR count). The molecule has 4 nitrogen and oxygen atoms in total. The van der Waals surface area contributed by atoms with Crippen LogP contribution in [-0.2, 0) is 9.53 Å². The van der Waals surface area contributed by atoms with E-state index in [9.17, 15) is 4.79 Å². The van der Waals surface area contributed by atoms with E-state index in [1.165, 1.54) is 19.3 Å². The van der Waals surface area contributed by atoms with Crippen LogP contribution in [-0.4, -0.2) is 39.3 Å². The van der Waals surface area contributed by atoms with Crippen LogP contribution in [0.3, 0.4) is 0 Å². The van der Waals surface area contributed by atoms with E-state index in [4.69, 9.17) is 4.74 Å². The average molecular weight is 240 g/mol. The zero-order valence-corrected chi connectivity index (χ0v) is 10.8. The molecule has 2 aliphatic rings. The molecule has 0 spiro atoms. The van der Waals surface area contributed by atoms with Crippen LogP contribution in [0.4, 0.5) is 0 Å². The first-order chi connectivity index (χ1) is 8.27. The quantitative estimate of drug-likeness (QED) is 0.751. The third-order valence-electron chi connectivity index (χ3n) is 4.24. The molecule has 0 aromatic heterocycles. The summed E-state index contributed by atoms with van der Waals surface area (Å²) in [6.45, 7) is 3.24. The summed E-state index contributed by atoms with van der Waals surface area (Å²) in [5.74, 6) is 0.924. The lowest BCUT2D eigenvalue weighted by atomic mass is 9.78. The summed E-state index contributed by atoms with van der Waals surface area (Å²) in [5.41, 5.74) is -0.288. The molecule has 2 fully saturated rings. The molecule has 0 unspecified atom stereocenters. The van der Waals surface area contributed by atoms with Gasteiger partial charge in [0.2, 0.25) is 5.91 Å². The van der Waals surface area contributed by atoms with E-state index in [-0.39, 0.29) is 11.3 Å². The van der Waals surface area contributed by atoms with Crippen LogP contribution in [0.15, 0.2) is 0 Å². The van der Waals surface area contributed by atoms with Crippen LogP contribution in [0.5, 0.6) is 0 Å². The Kier molecular flexibility index (Phi) is 4.40. The van der Waals surface area contributed by atoms with Crippen molar-refractivity contribution in [3.05, 3.63) is 0 Å². The number of ether oxygens (including phenoxy) is 1. The minimum atomic E-state index is -0.288. The number of carbonyl (C=O) groups excluding carboxylic acids is 1. The van der Waals surface area contributed by atoms with Gasteiger partial charge in [-0.1, -0.05) is 6.42 Å². The highest BCUT2D eigenvalue weighted by molar-refractivity contribution is 5.83. The van der Waals surface area contributed by atoms with Crippen LogP contribution < -0.4 is 10.6 Å². The van der Waals surface area contributed by atoms with Crippen LogP contribution in [0.1, 0.15) is 32.1 Å². The lowest BCUT2D eigenvalue weighted by Crippen LogP contribution is -2.51. The van der Waals surface area contributed by atoms with E-state index in [2.05, 4.69) is 10.6 Å². The van der Waals surface area contributed by atoms with Gasteiger partial charge in [-0.2, -0.15) is 0 Å². The molecule has 2 N–H and O–H groups in total. The van der Waals surface area contributed by atoms with E-state index < -0.39 is 0 Å². The Morgan fingerprint density at radius 1 is 1.41 bits per heavy atom. The van der Waals surface area contributed by atoms with Crippen molar-refractivity contribution < 1.29 is 9.53 Å². The van der Waals surface area contributed by atoms with Crippen molar-refractivity contribution in [2.45, 2.75) is 32.1 Å². The molecule has 1 amide bonds. The molecule has 1 heterocycles. The Morgan fingerprint density at radius 2 is 2.12 bits per heavy atom. The second-order valence-electron chi connectivity index (χ2n) is 5.47. The second-order valence-corrected chi connectivity index (χ2v) is 5.47. The normalized spacial score (nSPS) is 24.1. The Labute approximate surface area is 103 Å². The Morgan fingerprint density at radius 3 is 2.65 bits per heavy atom. The fourth-order valence-electron chi connectivity index (χ4n) is 2.74. The number of rotatable bonds is 5. The third-order valence-corrected chi connectivity index (χ3v) is 4.24. The van der Waals surface area contributed by atoms with Crippen LogP contribution in [0.25, 0.3) is 0 Å². The summed E-state index contributed by atoms with van der Waals surface area (Å²) >= 11 is 0. The molecule has 0 aromatic rings. The van der Waals surface area contributed by atoms with Crippen molar-refractivity contribution >= 4 is 5.91 Å². The van der Waals surface area contributed by atoms with Crippen molar-refractivity contribution in [1.29, 1.82) is 0 Å². The summed E-state index contributed by atoms with van der Waals surface area (Å²) in [4.78, 5) is 12.3. The number of piperidine rings is 1. The molecule has 0 aromatic carbocycles. The zero-order valence-electron chi connectivity index (χ0n) is 10.8. The number of carbonyl (C=O) groups is 1. The van der Waals surface area contributed by atoms with Crippen molar-refractivity contribution in [3.63, 3.8) is 0 Å². The van der Waals surface area contributed by atoms with Crippen LogP contribution in [0.2, 0.25) is 0 Å². The van der Waals surface area contributed by atoms with Crippen molar-refractivity contribution in [1.82, 2.24) is 10.6 Å². The monoisotopic (exact) mass is 240 g/mol. The van der Waals surface area contributed by atoms with E-state index in [0.717, 1.165) is 38.4 Å². The molecule has 1 saturated carbocycles. The van der Waals surface area contributed by atoms with Gasteiger partial charge in [-0.05, 0) is 44.7 Å². The number of hydrogen-bond donors (Lipinski definition) is 2. The lowest BCUT2D eigenvalue weighted by molar-refractivity contribution is -0.136. The van der Waals surface area contributed by atoms with Crippen molar-refractivity contribution in [2.24, 2.45) is 11.3 Å². The van der Waals surface area contributed by atoms with Gasteiger partial charge in [-0.3, -0.25) is 4.79 Å². The van der Waals surface area contributed by atoms with E-state index in [1.807, 2.05) is 0 Å². The highest BCUT2D eigenvalue weighted by atomic mass is 16.5. The number of amides is 1. The first-order valence-corrected chi connectivity index (χ1v) is 6.75. The van der Waals surface area contributed by atoms with Crippen molar-refractivity contribution in [3.8, 4) is 0 Å². The molecule has 4 heteroatoms. The predicted molar refractivity (Wildman–Crippen MR) is 66.8 cm³/mol. The standard InChI is InChI=1S/C13H24N2O2/c1-17-10-13(5-7-14-8-6-13)12(16)15-9-11-3-2-4-11/h11,14H,2-10H2,1H3,(H,15,16). The summed E-state index contributed by atoms with van der Waals surface area (Å²) in [5, 5.41) is 6.44. The molecule has 1 aliphatic carbocycles. The average Bonchev–Trinajstić information content (AvgIpc) is 2.28. The van der Waals surface area contributed by atoms with Gasteiger partial charge in [-0.25, -0.2) is 0 Å². The predicted octanol–water partition coefficient (Wildman–Crippen LogP) is 0.919. The molecule has 1 saturated heterocycles. The molecule has 1 aliphatic heterocycles. The molecular formula is C13H24N2O2. The fourth-order valence-corrected chi connectivity index (χ4v) is 2.74.